The molecule has 1 nitrogen and oxygen atoms in total. The van der Waals surface area contributed by atoms with Crippen molar-refractivity contribution in [3.8, 4) is 11.1 Å². The Morgan fingerprint density at radius 3 is 2.15 bits per heavy atom. The van der Waals surface area contributed by atoms with Crippen molar-refractivity contribution in [2.24, 2.45) is 0 Å². The number of nitrogens with zero attached hydrogens (tertiary/aromatic N) is 1. The highest BCUT2D eigenvalue weighted by molar-refractivity contribution is 7.20. The van der Waals surface area contributed by atoms with E-state index in [4.69, 9.17) is 0 Å². The van der Waals surface area contributed by atoms with Crippen LogP contribution in [-0.2, 0) is 6.42 Å². The zero-order valence-electron chi connectivity index (χ0n) is 19.1. The summed E-state index contributed by atoms with van der Waals surface area (Å²) in [5.74, 6) is 0. The number of benzene rings is 4. The molecule has 1 aliphatic carbocycles. The van der Waals surface area contributed by atoms with Gasteiger partial charge in [-0.05, 0) is 71.8 Å². The molecule has 34 heavy (non-hydrogen) atoms. The van der Waals surface area contributed by atoms with Gasteiger partial charge in [-0.15, -0.1) is 11.3 Å². The van der Waals surface area contributed by atoms with Crippen molar-refractivity contribution in [1.29, 1.82) is 0 Å². The third-order valence-corrected chi connectivity index (χ3v) is 7.65. The number of allylic oxidation sites excluding steroid dienone is 3. The first-order valence-corrected chi connectivity index (χ1v) is 12.5. The molecule has 0 bridgehead atoms. The summed E-state index contributed by atoms with van der Waals surface area (Å²) in [6.45, 7) is 2.13. The molecule has 2 heteroatoms. The number of anilines is 3. The molecule has 4 aromatic carbocycles. The summed E-state index contributed by atoms with van der Waals surface area (Å²) in [5, 5.41) is 1.35. The molecule has 1 aliphatic rings. The summed E-state index contributed by atoms with van der Waals surface area (Å²) in [5.41, 5.74) is 8.73. The Labute approximate surface area is 204 Å². The molecule has 0 N–H and O–H groups in total. The van der Waals surface area contributed by atoms with Gasteiger partial charge in [0.15, 0.2) is 0 Å². The molecule has 0 atom stereocenters. The lowest BCUT2D eigenvalue weighted by molar-refractivity contribution is 1.30. The molecule has 5 aromatic rings. The van der Waals surface area contributed by atoms with Gasteiger partial charge in [0.05, 0.1) is 10.4 Å². The third kappa shape index (κ3) is 3.76. The molecule has 0 fully saturated rings. The van der Waals surface area contributed by atoms with Gasteiger partial charge in [-0.3, -0.25) is 0 Å². The molecule has 1 aromatic heterocycles. The minimum absolute atomic E-state index is 0.975. The van der Waals surface area contributed by atoms with E-state index in [-0.39, 0.29) is 0 Å². The van der Waals surface area contributed by atoms with Crippen LogP contribution in [0.2, 0.25) is 0 Å². The van der Waals surface area contributed by atoms with Crippen LogP contribution in [0.3, 0.4) is 0 Å². The van der Waals surface area contributed by atoms with Crippen molar-refractivity contribution in [3.63, 3.8) is 0 Å². The maximum atomic E-state index is 2.39. The van der Waals surface area contributed by atoms with Gasteiger partial charge in [0, 0.05) is 16.3 Å². The molecular weight excluding hydrogens is 430 g/mol. The van der Waals surface area contributed by atoms with E-state index in [1.54, 1.807) is 0 Å². The zero-order valence-corrected chi connectivity index (χ0v) is 19.9. The number of aryl methyl sites for hydroxylation is 1. The van der Waals surface area contributed by atoms with E-state index in [1.165, 1.54) is 42.9 Å². The molecule has 0 radical (unpaired) electrons. The summed E-state index contributed by atoms with van der Waals surface area (Å²) in [6.07, 6.45) is 9.77. The van der Waals surface area contributed by atoms with Crippen molar-refractivity contribution in [2.45, 2.75) is 13.3 Å². The Morgan fingerprint density at radius 1 is 0.676 bits per heavy atom. The van der Waals surface area contributed by atoms with Crippen molar-refractivity contribution in [3.05, 3.63) is 131 Å². The van der Waals surface area contributed by atoms with Gasteiger partial charge < -0.3 is 4.90 Å². The molecular formula is C32H25NS. The van der Waals surface area contributed by atoms with E-state index in [1.807, 2.05) is 11.3 Å². The Balaban J connectivity index is 1.49. The minimum Gasteiger partial charge on any atom is -0.309 e. The Morgan fingerprint density at radius 2 is 1.38 bits per heavy atom. The van der Waals surface area contributed by atoms with Crippen LogP contribution in [0.15, 0.2) is 115 Å². The SMILES string of the molecule is Cc1ccc(-c2ccc(N(c3ccccc3)c3cccc4c5c(sc34)C=CC=CC5)cc2)cc1. The van der Waals surface area contributed by atoms with Crippen molar-refractivity contribution in [2.75, 3.05) is 4.90 Å². The number of hydrogen-bond acceptors (Lipinski definition) is 2. The highest BCUT2D eigenvalue weighted by atomic mass is 32.1. The fourth-order valence-electron chi connectivity index (χ4n) is 4.66. The molecule has 0 spiro atoms. The number of thiophene rings is 1. The second-order valence-electron chi connectivity index (χ2n) is 8.67. The fraction of sp³-hybridized carbons (Fsp3) is 0.0625. The smallest absolute Gasteiger partial charge is 0.0640 e. The van der Waals surface area contributed by atoms with E-state index in [2.05, 4.69) is 133 Å². The van der Waals surface area contributed by atoms with Crippen molar-refractivity contribution < 1.29 is 0 Å². The fourth-order valence-corrected chi connectivity index (χ4v) is 5.90. The first-order chi connectivity index (χ1) is 16.8. The summed E-state index contributed by atoms with van der Waals surface area (Å²) in [7, 11) is 0. The summed E-state index contributed by atoms with van der Waals surface area (Å²) >= 11 is 1.89. The molecule has 0 aliphatic heterocycles. The highest BCUT2D eigenvalue weighted by Gasteiger charge is 2.19. The van der Waals surface area contributed by atoms with Crippen molar-refractivity contribution >= 4 is 44.6 Å². The normalized spacial score (nSPS) is 12.5. The number of fused-ring (bicyclic) bond motifs is 3. The average Bonchev–Trinajstić information content (AvgIpc) is 3.07. The van der Waals surface area contributed by atoms with Crippen LogP contribution in [0.25, 0.3) is 27.3 Å². The maximum absolute atomic E-state index is 2.39. The summed E-state index contributed by atoms with van der Waals surface area (Å²) in [6, 6.07) is 35.1. The van der Waals surface area contributed by atoms with E-state index in [0.717, 1.165) is 17.8 Å². The largest absolute Gasteiger partial charge is 0.309 e. The first-order valence-electron chi connectivity index (χ1n) is 11.7. The lowest BCUT2D eigenvalue weighted by Gasteiger charge is -2.26. The topological polar surface area (TPSA) is 3.24 Å². The maximum Gasteiger partial charge on any atom is 0.0640 e. The molecule has 0 unspecified atom stereocenters. The average molecular weight is 456 g/mol. The standard InChI is InChI=1S/C32H25NS/c1-23-15-17-24(18-16-23)25-19-21-27(22-20-25)33(26-9-4-2-5-10-26)30-13-8-12-29-28-11-6-3-7-14-31(28)34-32(29)30/h2-10,12-22H,11H2,1H3. The Hall–Kier alpha value is -3.88. The van der Waals surface area contributed by atoms with Crippen LogP contribution in [0, 0.1) is 6.92 Å². The van der Waals surface area contributed by atoms with E-state index in [0.29, 0.717) is 0 Å². The second kappa shape index (κ2) is 8.81. The third-order valence-electron chi connectivity index (χ3n) is 6.41. The van der Waals surface area contributed by atoms with Gasteiger partial charge in [0.2, 0.25) is 0 Å². The lowest BCUT2D eigenvalue weighted by atomic mass is 10.0. The minimum atomic E-state index is 0.975. The molecule has 164 valence electrons. The Bertz CT molecular complexity index is 1500. The van der Waals surface area contributed by atoms with E-state index >= 15 is 0 Å². The van der Waals surface area contributed by atoms with Crippen LogP contribution in [0.1, 0.15) is 16.0 Å². The first kappa shape index (κ1) is 20.7. The predicted molar refractivity (Wildman–Crippen MR) is 149 cm³/mol. The molecule has 0 amide bonds. The van der Waals surface area contributed by atoms with Gasteiger partial charge in [-0.2, -0.15) is 0 Å². The van der Waals surface area contributed by atoms with Gasteiger partial charge in [0.1, 0.15) is 0 Å². The predicted octanol–water partition coefficient (Wildman–Crippen LogP) is 9.47. The second-order valence-corrected chi connectivity index (χ2v) is 9.73. The monoisotopic (exact) mass is 455 g/mol. The molecule has 1 heterocycles. The van der Waals surface area contributed by atoms with Gasteiger partial charge in [0.25, 0.3) is 0 Å². The lowest BCUT2D eigenvalue weighted by Crippen LogP contribution is -2.09. The van der Waals surface area contributed by atoms with Gasteiger partial charge in [-0.25, -0.2) is 0 Å². The molecule has 6 rings (SSSR count). The van der Waals surface area contributed by atoms with Crippen LogP contribution in [-0.4, -0.2) is 0 Å². The molecule has 0 saturated carbocycles. The highest BCUT2D eigenvalue weighted by Crippen LogP contribution is 2.44. The van der Waals surface area contributed by atoms with Gasteiger partial charge in [-0.1, -0.05) is 90.5 Å². The van der Waals surface area contributed by atoms with E-state index < -0.39 is 0 Å². The van der Waals surface area contributed by atoms with Crippen LogP contribution >= 0.6 is 11.3 Å². The quantitative estimate of drug-likeness (QED) is 0.261. The Kier molecular flexibility index (Phi) is 5.37. The van der Waals surface area contributed by atoms with Crippen LogP contribution in [0.5, 0.6) is 0 Å². The number of para-hydroxylation sites is 1. The summed E-state index contributed by atoms with van der Waals surface area (Å²) < 4.78 is 1.33. The number of rotatable bonds is 4. The zero-order chi connectivity index (χ0) is 22.9. The van der Waals surface area contributed by atoms with Crippen molar-refractivity contribution in [1.82, 2.24) is 0 Å². The molecule has 0 saturated heterocycles. The van der Waals surface area contributed by atoms with Gasteiger partial charge >= 0.3 is 0 Å². The van der Waals surface area contributed by atoms with E-state index in [9.17, 15) is 0 Å². The van der Waals surface area contributed by atoms with Crippen LogP contribution < -0.4 is 4.90 Å². The number of hydrogen-bond donors (Lipinski definition) is 0. The van der Waals surface area contributed by atoms with Crippen LogP contribution in [0.4, 0.5) is 17.1 Å². The summed E-state index contributed by atoms with van der Waals surface area (Å²) in [4.78, 5) is 3.74.